The van der Waals surface area contributed by atoms with Crippen LogP contribution < -0.4 is 5.32 Å². The number of unbranched alkanes of at least 4 members (excludes halogenated alkanes) is 28. The molecule has 328 valence electrons. The van der Waals surface area contributed by atoms with E-state index in [2.05, 4.69) is 55.6 Å². The average molecular weight is 788 g/mol. The molecule has 6 nitrogen and oxygen atoms in total. The molecule has 2 unspecified atom stereocenters. The van der Waals surface area contributed by atoms with E-state index in [1.165, 1.54) is 135 Å². The first-order chi connectivity index (χ1) is 27.5. The van der Waals surface area contributed by atoms with Crippen LogP contribution >= 0.6 is 0 Å². The Morgan fingerprint density at radius 1 is 0.500 bits per heavy atom. The van der Waals surface area contributed by atoms with Crippen LogP contribution in [-0.2, 0) is 14.3 Å². The average Bonchev–Trinajstić information content (AvgIpc) is 3.20. The molecular weight excluding hydrogens is 695 g/mol. The number of carbonyl (C=O) groups excluding carboxylic acids is 2. The number of hydrogen-bond acceptors (Lipinski definition) is 5. The predicted molar refractivity (Wildman–Crippen MR) is 241 cm³/mol. The molecule has 0 saturated carbocycles. The van der Waals surface area contributed by atoms with E-state index in [-0.39, 0.29) is 18.5 Å². The van der Waals surface area contributed by atoms with Crippen molar-refractivity contribution in [2.24, 2.45) is 0 Å². The van der Waals surface area contributed by atoms with Gasteiger partial charge in [-0.25, -0.2) is 0 Å². The Labute approximate surface area is 347 Å². The van der Waals surface area contributed by atoms with Crippen molar-refractivity contribution in [3.8, 4) is 0 Å². The van der Waals surface area contributed by atoms with Crippen molar-refractivity contribution >= 4 is 11.9 Å². The van der Waals surface area contributed by atoms with Gasteiger partial charge in [0, 0.05) is 12.8 Å². The zero-order chi connectivity index (χ0) is 40.8. The maximum Gasteiger partial charge on any atom is 0.305 e. The highest BCUT2D eigenvalue weighted by molar-refractivity contribution is 5.76. The molecule has 2 atom stereocenters. The van der Waals surface area contributed by atoms with Crippen LogP contribution in [0.25, 0.3) is 0 Å². The Kier molecular flexibility index (Phi) is 44.2. The summed E-state index contributed by atoms with van der Waals surface area (Å²) in [6.45, 7) is 4.84. The van der Waals surface area contributed by atoms with Crippen LogP contribution in [0.1, 0.15) is 245 Å². The molecule has 0 aromatic heterocycles. The van der Waals surface area contributed by atoms with Gasteiger partial charge in [0.25, 0.3) is 0 Å². The van der Waals surface area contributed by atoms with E-state index in [4.69, 9.17) is 4.74 Å². The first-order valence-corrected chi connectivity index (χ1v) is 24.3. The lowest BCUT2D eigenvalue weighted by Gasteiger charge is -2.22. The topological polar surface area (TPSA) is 95.9 Å². The van der Waals surface area contributed by atoms with Gasteiger partial charge in [0.1, 0.15) is 0 Å². The van der Waals surface area contributed by atoms with Gasteiger partial charge in [-0.05, 0) is 77.0 Å². The first kappa shape index (κ1) is 54.1. The molecule has 6 heteroatoms. The normalized spacial score (nSPS) is 13.0. The second-order valence-corrected chi connectivity index (χ2v) is 16.5. The van der Waals surface area contributed by atoms with Gasteiger partial charge in [-0.3, -0.25) is 9.59 Å². The molecule has 0 bridgehead atoms. The molecule has 0 fully saturated rings. The maximum atomic E-state index is 12.4. The lowest BCUT2D eigenvalue weighted by molar-refractivity contribution is -0.143. The van der Waals surface area contributed by atoms with Crippen molar-refractivity contribution in [1.29, 1.82) is 0 Å². The molecule has 0 aromatic carbocycles. The summed E-state index contributed by atoms with van der Waals surface area (Å²) < 4.78 is 5.41. The number of aliphatic hydroxyl groups excluding tert-OH is 2. The van der Waals surface area contributed by atoms with Crippen molar-refractivity contribution in [2.45, 2.75) is 257 Å². The monoisotopic (exact) mass is 788 g/mol. The van der Waals surface area contributed by atoms with Gasteiger partial charge < -0.3 is 20.3 Å². The summed E-state index contributed by atoms with van der Waals surface area (Å²) >= 11 is 0. The standard InChI is InChI=1S/C50H93NO5/c1-3-5-7-9-11-13-15-19-23-26-30-34-38-42-48(53)47(46-52)51-49(54)43-39-35-31-27-24-20-17-16-18-21-25-29-33-37-41-45-56-50(55)44-40-36-32-28-22-14-12-10-8-6-4-2/h10,12,16,18,21,25,47-48,52-53H,3-9,11,13-15,17,19-20,22-24,26-46H2,1-2H3,(H,51,54)/b12-10-,18-16-,25-21-. The van der Waals surface area contributed by atoms with Crippen molar-refractivity contribution < 1.29 is 24.5 Å². The molecule has 0 saturated heterocycles. The van der Waals surface area contributed by atoms with Gasteiger partial charge in [-0.15, -0.1) is 0 Å². The minimum atomic E-state index is -0.678. The summed E-state index contributed by atoms with van der Waals surface area (Å²) in [5.41, 5.74) is 0. The minimum Gasteiger partial charge on any atom is -0.466 e. The summed E-state index contributed by atoms with van der Waals surface area (Å²) in [6, 6.07) is -0.557. The van der Waals surface area contributed by atoms with E-state index in [0.29, 0.717) is 25.9 Å². The molecular formula is C50H93NO5. The van der Waals surface area contributed by atoms with Crippen LogP contribution in [0.2, 0.25) is 0 Å². The molecule has 0 aliphatic heterocycles. The number of ether oxygens (including phenoxy) is 1. The molecule has 1 amide bonds. The highest BCUT2D eigenvalue weighted by Gasteiger charge is 2.20. The number of esters is 1. The molecule has 0 aliphatic rings. The molecule has 56 heavy (non-hydrogen) atoms. The van der Waals surface area contributed by atoms with Crippen LogP contribution in [0, 0.1) is 0 Å². The number of aliphatic hydroxyl groups is 2. The van der Waals surface area contributed by atoms with Crippen LogP contribution in [0.4, 0.5) is 0 Å². The second-order valence-electron chi connectivity index (χ2n) is 16.5. The van der Waals surface area contributed by atoms with Crippen molar-refractivity contribution in [2.75, 3.05) is 13.2 Å². The SMILES string of the molecule is CCCC/C=C\CCCCCCCC(=O)OCCCCC/C=C\C=C/CCCCCCCCC(=O)NC(CO)C(O)CCCCCCCCCCCCCCC. The van der Waals surface area contributed by atoms with Crippen LogP contribution in [0.3, 0.4) is 0 Å². The van der Waals surface area contributed by atoms with Gasteiger partial charge in [-0.1, -0.05) is 192 Å². The van der Waals surface area contributed by atoms with Gasteiger partial charge in [0.2, 0.25) is 5.91 Å². The third-order valence-corrected chi connectivity index (χ3v) is 10.9. The number of hydrogen-bond donors (Lipinski definition) is 3. The van der Waals surface area contributed by atoms with Gasteiger partial charge in [0.05, 0.1) is 25.4 Å². The highest BCUT2D eigenvalue weighted by atomic mass is 16.5. The van der Waals surface area contributed by atoms with E-state index in [0.717, 1.165) is 77.0 Å². The molecule has 0 spiro atoms. The number of allylic oxidation sites excluding steroid dienone is 6. The van der Waals surface area contributed by atoms with Crippen LogP contribution in [0.5, 0.6) is 0 Å². The molecule has 0 aromatic rings. The van der Waals surface area contributed by atoms with Crippen molar-refractivity contribution in [3.05, 3.63) is 36.5 Å². The van der Waals surface area contributed by atoms with E-state index in [1.54, 1.807) is 0 Å². The summed E-state index contributed by atoms with van der Waals surface area (Å²) in [5.74, 6) is -0.0928. The maximum absolute atomic E-state index is 12.4. The van der Waals surface area contributed by atoms with Gasteiger partial charge in [-0.2, -0.15) is 0 Å². The smallest absolute Gasteiger partial charge is 0.305 e. The van der Waals surface area contributed by atoms with Gasteiger partial charge >= 0.3 is 5.97 Å². The van der Waals surface area contributed by atoms with E-state index in [9.17, 15) is 19.8 Å². The Bertz CT molecular complexity index is 915. The molecule has 0 radical (unpaired) electrons. The third kappa shape index (κ3) is 41.7. The lowest BCUT2D eigenvalue weighted by Crippen LogP contribution is -2.45. The molecule has 0 aliphatic carbocycles. The fourth-order valence-electron chi connectivity index (χ4n) is 7.14. The molecule has 0 rings (SSSR count). The van der Waals surface area contributed by atoms with Gasteiger partial charge in [0.15, 0.2) is 0 Å². The number of amides is 1. The van der Waals surface area contributed by atoms with E-state index in [1.807, 2.05) is 0 Å². The summed E-state index contributed by atoms with van der Waals surface area (Å²) in [5, 5.41) is 23.1. The van der Waals surface area contributed by atoms with Crippen molar-refractivity contribution in [3.63, 3.8) is 0 Å². The summed E-state index contributed by atoms with van der Waals surface area (Å²) in [4.78, 5) is 24.4. The third-order valence-electron chi connectivity index (χ3n) is 10.9. The minimum absolute atomic E-state index is 0.0335. The zero-order valence-corrected chi connectivity index (χ0v) is 37.1. The quantitative estimate of drug-likeness (QED) is 0.0247. The Hall–Kier alpha value is -1.92. The van der Waals surface area contributed by atoms with Crippen LogP contribution in [0.15, 0.2) is 36.5 Å². The second kappa shape index (κ2) is 45.8. The fraction of sp³-hybridized carbons (Fsp3) is 0.840. The largest absolute Gasteiger partial charge is 0.466 e. The van der Waals surface area contributed by atoms with Crippen LogP contribution in [-0.4, -0.2) is 47.4 Å². The Balaban J connectivity index is 3.55. The lowest BCUT2D eigenvalue weighted by atomic mass is 10.0. The number of carbonyl (C=O) groups is 2. The van der Waals surface area contributed by atoms with E-state index < -0.39 is 12.1 Å². The van der Waals surface area contributed by atoms with E-state index >= 15 is 0 Å². The number of rotatable bonds is 44. The highest BCUT2D eigenvalue weighted by Crippen LogP contribution is 2.15. The van der Waals surface area contributed by atoms with Crippen molar-refractivity contribution in [1.82, 2.24) is 5.32 Å². The molecule has 0 heterocycles. The Morgan fingerprint density at radius 3 is 1.43 bits per heavy atom. The fourth-order valence-corrected chi connectivity index (χ4v) is 7.14. The first-order valence-electron chi connectivity index (χ1n) is 24.3. The zero-order valence-electron chi connectivity index (χ0n) is 37.1. The number of nitrogens with one attached hydrogen (secondary N) is 1. The predicted octanol–water partition coefficient (Wildman–Crippen LogP) is 14.1. The summed E-state index contributed by atoms with van der Waals surface area (Å²) in [7, 11) is 0. The Morgan fingerprint density at radius 2 is 0.911 bits per heavy atom. The molecule has 3 N–H and O–H groups in total. The summed E-state index contributed by atoms with van der Waals surface area (Å²) in [6.07, 6.45) is 53.9.